The zero-order valence-corrected chi connectivity index (χ0v) is 17.6. The number of rotatable bonds is 7. The maximum Gasteiger partial charge on any atom is 0.238 e. The number of carbonyl (C=O) groups excluding carboxylic acids is 1. The summed E-state index contributed by atoms with van der Waals surface area (Å²) in [5.41, 5.74) is 1.78. The van der Waals surface area contributed by atoms with Gasteiger partial charge in [0.05, 0.1) is 12.4 Å². The van der Waals surface area contributed by atoms with Crippen molar-refractivity contribution in [3.05, 3.63) is 83.4 Å². The monoisotopic (exact) mass is 441 g/mol. The fourth-order valence-corrected chi connectivity index (χ4v) is 4.48. The first-order chi connectivity index (χ1) is 14.6. The molecule has 1 aliphatic rings. The van der Waals surface area contributed by atoms with Gasteiger partial charge in [-0.2, -0.15) is 0 Å². The normalized spacial score (nSPS) is 16.0. The smallest absolute Gasteiger partial charge is 0.238 e. The van der Waals surface area contributed by atoms with Gasteiger partial charge in [0.2, 0.25) is 5.91 Å². The van der Waals surface area contributed by atoms with Crippen molar-refractivity contribution in [2.24, 2.45) is 0 Å². The lowest BCUT2D eigenvalue weighted by Gasteiger charge is -2.25. The van der Waals surface area contributed by atoms with E-state index in [0.29, 0.717) is 28.0 Å². The van der Waals surface area contributed by atoms with Crippen LogP contribution in [0.2, 0.25) is 5.02 Å². The highest BCUT2D eigenvalue weighted by atomic mass is 35.5. The van der Waals surface area contributed by atoms with E-state index >= 15 is 0 Å². The molecule has 4 rings (SSSR count). The van der Waals surface area contributed by atoms with Crippen LogP contribution in [0.3, 0.4) is 0 Å². The molecule has 0 radical (unpaired) electrons. The van der Waals surface area contributed by atoms with Crippen molar-refractivity contribution in [2.75, 3.05) is 23.9 Å². The third kappa shape index (κ3) is 4.73. The Morgan fingerprint density at radius 1 is 1.00 bits per heavy atom. The Hall–Kier alpha value is -2.67. The fourth-order valence-electron chi connectivity index (χ4n) is 3.18. The summed E-state index contributed by atoms with van der Waals surface area (Å²) < 4.78 is 11.4. The van der Waals surface area contributed by atoms with Crippen molar-refractivity contribution in [3.63, 3.8) is 0 Å². The standard InChI is InChI=1S/C23H20ClNO4S/c24-17-4-8-19(9-5-17)29-20-10-6-18(7-11-20)25-22(27)15-30-23(25)16-2-1-3-21(14-16)28-13-12-26/h1-11,14,23,26H,12-13,15H2. The minimum absolute atomic E-state index is 0.0442. The Labute approximate surface area is 184 Å². The predicted molar refractivity (Wildman–Crippen MR) is 120 cm³/mol. The first-order valence-electron chi connectivity index (χ1n) is 9.45. The van der Waals surface area contributed by atoms with Crippen LogP contribution in [0.15, 0.2) is 72.8 Å². The van der Waals surface area contributed by atoms with Crippen molar-refractivity contribution >= 4 is 35.0 Å². The summed E-state index contributed by atoms with van der Waals surface area (Å²) >= 11 is 7.48. The van der Waals surface area contributed by atoms with Crippen LogP contribution in [0, 0.1) is 0 Å². The number of ether oxygens (including phenoxy) is 2. The van der Waals surface area contributed by atoms with Gasteiger partial charge in [-0.15, -0.1) is 11.8 Å². The number of halogens is 1. The summed E-state index contributed by atoms with van der Waals surface area (Å²) in [5.74, 6) is 2.51. The van der Waals surface area contributed by atoms with Gasteiger partial charge in [0.25, 0.3) is 0 Å². The summed E-state index contributed by atoms with van der Waals surface area (Å²) in [4.78, 5) is 14.4. The summed E-state index contributed by atoms with van der Waals surface area (Å²) in [6.07, 6.45) is 0. The predicted octanol–water partition coefficient (Wildman–Crippen LogP) is 5.28. The highest BCUT2D eigenvalue weighted by molar-refractivity contribution is 8.00. The summed E-state index contributed by atoms with van der Waals surface area (Å²) in [5, 5.41) is 9.48. The number of anilines is 1. The summed E-state index contributed by atoms with van der Waals surface area (Å²) in [7, 11) is 0. The van der Waals surface area contributed by atoms with E-state index in [1.54, 1.807) is 40.9 Å². The van der Waals surface area contributed by atoms with Crippen molar-refractivity contribution in [1.29, 1.82) is 0 Å². The first kappa shape index (κ1) is 20.6. The minimum atomic E-state index is -0.141. The first-order valence-corrected chi connectivity index (χ1v) is 10.9. The SMILES string of the molecule is O=C1CSC(c2cccc(OCCO)c2)N1c1ccc(Oc2ccc(Cl)cc2)cc1. The second kappa shape index (κ2) is 9.43. The maximum atomic E-state index is 12.6. The topological polar surface area (TPSA) is 59.0 Å². The third-order valence-electron chi connectivity index (χ3n) is 4.54. The highest BCUT2D eigenvalue weighted by Crippen LogP contribution is 2.42. The molecule has 0 aliphatic carbocycles. The molecule has 3 aromatic rings. The molecule has 0 bridgehead atoms. The Bertz CT molecular complexity index is 1010. The van der Waals surface area contributed by atoms with E-state index in [4.69, 9.17) is 26.2 Å². The maximum absolute atomic E-state index is 12.6. The number of nitrogens with zero attached hydrogens (tertiary/aromatic N) is 1. The number of benzene rings is 3. The van der Waals surface area contributed by atoms with E-state index in [1.165, 1.54) is 0 Å². The van der Waals surface area contributed by atoms with Crippen LogP contribution in [-0.4, -0.2) is 30.0 Å². The number of hydrogen-bond acceptors (Lipinski definition) is 5. The van der Waals surface area contributed by atoms with E-state index in [-0.39, 0.29) is 24.5 Å². The quantitative estimate of drug-likeness (QED) is 0.540. The average molecular weight is 442 g/mol. The number of aliphatic hydroxyl groups excluding tert-OH is 1. The molecule has 1 unspecified atom stereocenters. The van der Waals surface area contributed by atoms with Gasteiger partial charge < -0.3 is 14.6 Å². The Morgan fingerprint density at radius 3 is 2.40 bits per heavy atom. The largest absolute Gasteiger partial charge is 0.491 e. The van der Waals surface area contributed by atoms with E-state index in [1.807, 2.05) is 48.5 Å². The van der Waals surface area contributed by atoms with Gasteiger partial charge in [-0.1, -0.05) is 23.7 Å². The molecule has 1 heterocycles. The van der Waals surface area contributed by atoms with E-state index in [2.05, 4.69) is 0 Å². The zero-order chi connectivity index (χ0) is 20.9. The molecule has 0 aromatic heterocycles. The van der Waals surface area contributed by atoms with Gasteiger partial charge in [-0.3, -0.25) is 9.69 Å². The Kier molecular flexibility index (Phi) is 6.47. The fraction of sp³-hybridized carbons (Fsp3) is 0.174. The Balaban J connectivity index is 1.53. The van der Waals surface area contributed by atoms with Gasteiger partial charge in [0.1, 0.15) is 29.2 Å². The molecule has 3 aromatic carbocycles. The third-order valence-corrected chi connectivity index (χ3v) is 6.00. The lowest BCUT2D eigenvalue weighted by atomic mass is 10.1. The van der Waals surface area contributed by atoms with Gasteiger partial charge in [-0.05, 0) is 66.2 Å². The van der Waals surface area contributed by atoms with Crippen molar-refractivity contribution in [3.8, 4) is 17.2 Å². The van der Waals surface area contributed by atoms with Gasteiger partial charge in [-0.25, -0.2) is 0 Å². The number of hydrogen-bond donors (Lipinski definition) is 1. The Morgan fingerprint density at radius 2 is 1.70 bits per heavy atom. The van der Waals surface area contributed by atoms with E-state index in [0.717, 1.165) is 11.3 Å². The van der Waals surface area contributed by atoms with Crippen LogP contribution in [0.4, 0.5) is 5.69 Å². The molecule has 1 N–H and O–H groups in total. The molecule has 0 saturated carbocycles. The molecule has 1 aliphatic heterocycles. The van der Waals surface area contributed by atoms with Crippen LogP contribution < -0.4 is 14.4 Å². The number of carbonyl (C=O) groups is 1. The van der Waals surface area contributed by atoms with Gasteiger partial charge >= 0.3 is 0 Å². The van der Waals surface area contributed by atoms with Crippen LogP contribution in [-0.2, 0) is 4.79 Å². The van der Waals surface area contributed by atoms with Crippen molar-refractivity contribution in [1.82, 2.24) is 0 Å². The van der Waals surface area contributed by atoms with Crippen molar-refractivity contribution < 1.29 is 19.4 Å². The lowest BCUT2D eigenvalue weighted by molar-refractivity contribution is -0.115. The molecule has 1 fully saturated rings. The second-order valence-corrected chi connectivity index (χ2v) is 8.13. The van der Waals surface area contributed by atoms with Crippen LogP contribution in [0.5, 0.6) is 17.2 Å². The van der Waals surface area contributed by atoms with Crippen molar-refractivity contribution in [2.45, 2.75) is 5.37 Å². The zero-order valence-electron chi connectivity index (χ0n) is 16.0. The number of aliphatic hydroxyl groups is 1. The second-order valence-electron chi connectivity index (χ2n) is 6.62. The molecular formula is C23H20ClNO4S. The molecule has 5 nitrogen and oxygen atoms in total. The van der Waals surface area contributed by atoms with Crippen LogP contribution in [0.25, 0.3) is 0 Å². The minimum Gasteiger partial charge on any atom is -0.491 e. The molecule has 1 atom stereocenters. The average Bonchev–Trinajstić information content (AvgIpc) is 3.16. The number of amides is 1. The van der Waals surface area contributed by atoms with E-state index < -0.39 is 0 Å². The lowest BCUT2D eigenvalue weighted by Crippen LogP contribution is -2.27. The van der Waals surface area contributed by atoms with Gasteiger partial charge in [0.15, 0.2) is 0 Å². The van der Waals surface area contributed by atoms with E-state index in [9.17, 15) is 4.79 Å². The summed E-state index contributed by atoms with van der Waals surface area (Å²) in [6.45, 7) is 0.191. The van der Waals surface area contributed by atoms with Gasteiger partial charge in [0, 0.05) is 10.7 Å². The van der Waals surface area contributed by atoms with Crippen LogP contribution in [0.1, 0.15) is 10.9 Å². The molecule has 0 spiro atoms. The number of thioether (sulfide) groups is 1. The molecular weight excluding hydrogens is 422 g/mol. The molecule has 1 saturated heterocycles. The molecule has 7 heteroatoms. The summed E-state index contributed by atoms with van der Waals surface area (Å²) in [6, 6.07) is 22.2. The molecule has 154 valence electrons. The molecule has 30 heavy (non-hydrogen) atoms. The highest BCUT2D eigenvalue weighted by Gasteiger charge is 2.34. The molecule has 1 amide bonds. The van der Waals surface area contributed by atoms with Crippen LogP contribution >= 0.6 is 23.4 Å².